The second-order valence-corrected chi connectivity index (χ2v) is 7.03. The summed E-state index contributed by atoms with van der Waals surface area (Å²) >= 11 is 0. The summed E-state index contributed by atoms with van der Waals surface area (Å²) in [4.78, 5) is 16.2. The number of ketones is 1. The first-order valence-corrected chi connectivity index (χ1v) is 9.70. The topological polar surface area (TPSA) is 42.1 Å². The Bertz CT molecular complexity index is 1120. The molecule has 0 radical (unpaired) electrons. The van der Waals surface area contributed by atoms with Crippen molar-refractivity contribution in [2.75, 3.05) is 7.11 Å². The minimum absolute atomic E-state index is 0.0371. The number of carbonyl (C=O) groups excluding carboxylic acids is 1. The number of hydrogen-bond donors (Lipinski definition) is 1. The molecule has 0 saturated heterocycles. The van der Waals surface area contributed by atoms with Crippen molar-refractivity contribution in [1.82, 2.24) is 4.98 Å². The van der Waals surface area contributed by atoms with Gasteiger partial charge in [0.25, 0.3) is 0 Å². The molecule has 4 rings (SSSR count). The summed E-state index contributed by atoms with van der Waals surface area (Å²) in [7, 11) is 1.66. The van der Waals surface area contributed by atoms with E-state index in [2.05, 4.69) is 17.1 Å². The zero-order valence-corrected chi connectivity index (χ0v) is 16.3. The normalized spacial score (nSPS) is 12.3. The Morgan fingerprint density at radius 3 is 2.45 bits per heavy atom. The Hall–Kier alpha value is -3.59. The number of hydrogen-bond acceptors (Lipinski definition) is 2. The van der Waals surface area contributed by atoms with Crippen LogP contribution < -0.4 is 4.74 Å². The lowest BCUT2D eigenvalue weighted by atomic mass is 9.86. The third-order valence-electron chi connectivity index (χ3n) is 5.18. The Labute approximate surface area is 170 Å². The molecule has 1 heterocycles. The minimum atomic E-state index is -0.0371. The van der Waals surface area contributed by atoms with Gasteiger partial charge in [0.1, 0.15) is 5.75 Å². The van der Waals surface area contributed by atoms with Gasteiger partial charge in [-0.05, 0) is 41.0 Å². The predicted octanol–water partition coefficient (Wildman–Crippen LogP) is 5.98. The van der Waals surface area contributed by atoms with E-state index in [0.29, 0.717) is 6.42 Å². The van der Waals surface area contributed by atoms with Crippen molar-refractivity contribution in [3.63, 3.8) is 0 Å². The molecule has 144 valence electrons. The molecule has 1 unspecified atom stereocenters. The van der Waals surface area contributed by atoms with Crippen LogP contribution in [0.1, 0.15) is 29.0 Å². The lowest BCUT2D eigenvalue weighted by Gasteiger charge is -2.16. The van der Waals surface area contributed by atoms with Crippen molar-refractivity contribution in [2.24, 2.45) is 0 Å². The molecule has 0 amide bonds. The number of allylic oxidation sites excluding steroid dienone is 1. The average molecular weight is 381 g/mol. The van der Waals surface area contributed by atoms with Gasteiger partial charge in [0.15, 0.2) is 5.78 Å². The Morgan fingerprint density at radius 1 is 0.966 bits per heavy atom. The smallest absolute Gasteiger partial charge is 0.156 e. The summed E-state index contributed by atoms with van der Waals surface area (Å²) in [6.45, 7) is 0. The molecule has 29 heavy (non-hydrogen) atoms. The fourth-order valence-electron chi connectivity index (χ4n) is 3.65. The van der Waals surface area contributed by atoms with Gasteiger partial charge in [-0.3, -0.25) is 4.79 Å². The molecule has 0 fully saturated rings. The molecule has 1 atom stereocenters. The molecule has 0 aliphatic heterocycles. The molecule has 1 aromatic heterocycles. The summed E-state index contributed by atoms with van der Waals surface area (Å²) in [5, 5.41) is 1.15. The average Bonchev–Trinajstić information content (AvgIpc) is 3.21. The molecule has 3 nitrogen and oxygen atoms in total. The highest BCUT2D eigenvalue weighted by Crippen LogP contribution is 2.34. The Kier molecular flexibility index (Phi) is 5.57. The van der Waals surface area contributed by atoms with Crippen LogP contribution in [-0.2, 0) is 4.79 Å². The molecule has 1 N–H and O–H groups in total. The van der Waals surface area contributed by atoms with Gasteiger partial charge >= 0.3 is 0 Å². The maximum atomic E-state index is 12.8. The summed E-state index contributed by atoms with van der Waals surface area (Å²) in [6.07, 6.45) is 5.98. The van der Waals surface area contributed by atoms with Crippen molar-refractivity contribution >= 4 is 22.8 Å². The van der Waals surface area contributed by atoms with Gasteiger partial charge in [0, 0.05) is 29.4 Å². The van der Waals surface area contributed by atoms with E-state index in [1.807, 2.05) is 79.0 Å². The molecule has 0 saturated carbocycles. The van der Waals surface area contributed by atoms with Crippen molar-refractivity contribution in [3.05, 3.63) is 108 Å². The molecule has 0 spiro atoms. The highest BCUT2D eigenvalue weighted by Gasteiger charge is 2.20. The van der Waals surface area contributed by atoms with Crippen LogP contribution in [0.15, 0.2) is 91.1 Å². The van der Waals surface area contributed by atoms with Crippen LogP contribution in [-0.4, -0.2) is 17.9 Å². The highest BCUT2D eigenvalue weighted by molar-refractivity contribution is 5.95. The summed E-state index contributed by atoms with van der Waals surface area (Å²) in [5.74, 6) is 0.867. The quantitative estimate of drug-likeness (QED) is 0.400. The summed E-state index contributed by atoms with van der Waals surface area (Å²) in [6, 6.07) is 26.1. The lowest BCUT2D eigenvalue weighted by Crippen LogP contribution is -2.07. The second-order valence-electron chi connectivity index (χ2n) is 7.03. The first-order valence-electron chi connectivity index (χ1n) is 9.70. The number of para-hydroxylation sites is 1. The fourth-order valence-corrected chi connectivity index (χ4v) is 3.65. The van der Waals surface area contributed by atoms with Gasteiger partial charge in [-0.1, -0.05) is 66.7 Å². The predicted molar refractivity (Wildman–Crippen MR) is 118 cm³/mol. The van der Waals surface area contributed by atoms with E-state index in [1.54, 1.807) is 13.2 Å². The molecule has 0 aliphatic rings. The Balaban J connectivity index is 1.66. The number of benzene rings is 3. The van der Waals surface area contributed by atoms with Crippen molar-refractivity contribution in [1.29, 1.82) is 0 Å². The standard InChI is InChI=1S/C26H23NO2/c1-29-22-15-12-20(13-16-22)24(25-18-27-26-10-6-5-9-23(25)26)17-21(28)14-11-19-7-3-2-4-8-19/h2-16,18,24,27H,17H2,1H3/b14-11+. The van der Waals surface area contributed by atoms with Crippen LogP contribution in [0.3, 0.4) is 0 Å². The van der Waals surface area contributed by atoms with E-state index < -0.39 is 0 Å². The van der Waals surface area contributed by atoms with Gasteiger partial charge in [-0.2, -0.15) is 0 Å². The summed E-state index contributed by atoms with van der Waals surface area (Å²) < 4.78 is 5.29. The highest BCUT2D eigenvalue weighted by atomic mass is 16.5. The van der Waals surface area contributed by atoms with Gasteiger partial charge in [-0.15, -0.1) is 0 Å². The second kappa shape index (κ2) is 8.61. The first kappa shape index (κ1) is 18.8. The zero-order chi connectivity index (χ0) is 20.1. The van der Waals surface area contributed by atoms with Crippen LogP contribution in [0, 0.1) is 0 Å². The van der Waals surface area contributed by atoms with Gasteiger partial charge < -0.3 is 9.72 Å². The lowest BCUT2D eigenvalue weighted by molar-refractivity contribution is -0.114. The van der Waals surface area contributed by atoms with Crippen LogP contribution in [0.25, 0.3) is 17.0 Å². The number of ether oxygens (including phenoxy) is 1. The number of carbonyl (C=O) groups is 1. The van der Waals surface area contributed by atoms with Gasteiger partial charge in [0.05, 0.1) is 7.11 Å². The molecule has 0 bridgehead atoms. The minimum Gasteiger partial charge on any atom is -0.497 e. The number of methoxy groups -OCH3 is 1. The zero-order valence-electron chi connectivity index (χ0n) is 16.3. The maximum Gasteiger partial charge on any atom is 0.156 e. The van der Waals surface area contributed by atoms with Gasteiger partial charge in [0.2, 0.25) is 0 Å². The number of nitrogens with one attached hydrogen (secondary N) is 1. The monoisotopic (exact) mass is 381 g/mol. The van der Waals surface area contributed by atoms with Crippen molar-refractivity contribution < 1.29 is 9.53 Å². The molecule has 3 aromatic carbocycles. The van der Waals surface area contributed by atoms with E-state index in [0.717, 1.165) is 33.3 Å². The van der Waals surface area contributed by atoms with Crippen molar-refractivity contribution in [2.45, 2.75) is 12.3 Å². The number of H-pyrrole nitrogens is 1. The Morgan fingerprint density at radius 2 is 1.69 bits per heavy atom. The number of rotatable bonds is 7. The molecule has 0 aliphatic carbocycles. The first-order chi connectivity index (χ1) is 14.2. The molecule has 3 heteroatoms. The molecular formula is C26H23NO2. The van der Waals surface area contributed by atoms with Crippen LogP contribution in [0.4, 0.5) is 0 Å². The van der Waals surface area contributed by atoms with E-state index in [4.69, 9.17) is 4.74 Å². The van der Waals surface area contributed by atoms with Gasteiger partial charge in [-0.25, -0.2) is 0 Å². The number of aromatic amines is 1. The van der Waals surface area contributed by atoms with Crippen molar-refractivity contribution in [3.8, 4) is 5.75 Å². The fraction of sp³-hybridized carbons (Fsp3) is 0.115. The van der Waals surface area contributed by atoms with Crippen LogP contribution in [0.5, 0.6) is 5.75 Å². The third-order valence-corrected chi connectivity index (χ3v) is 5.18. The maximum absolute atomic E-state index is 12.8. The van der Waals surface area contributed by atoms with Crippen LogP contribution in [0.2, 0.25) is 0 Å². The number of aromatic nitrogens is 1. The SMILES string of the molecule is COc1ccc(C(CC(=O)/C=C/c2ccccc2)c2c[nH]c3ccccc23)cc1. The largest absolute Gasteiger partial charge is 0.497 e. The van der Waals surface area contributed by atoms with E-state index >= 15 is 0 Å². The third kappa shape index (κ3) is 4.30. The summed E-state index contributed by atoms with van der Waals surface area (Å²) in [5.41, 5.74) is 4.33. The van der Waals surface area contributed by atoms with Crippen LogP contribution >= 0.6 is 0 Å². The molecular weight excluding hydrogens is 358 g/mol. The molecule has 4 aromatic rings. The van der Waals surface area contributed by atoms with E-state index in [-0.39, 0.29) is 11.7 Å². The number of fused-ring (bicyclic) bond motifs is 1. The van der Waals surface area contributed by atoms with E-state index in [1.165, 1.54) is 0 Å². The van der Waals surface area contributed by atoms with E-state index in [9.17, 15) is 4.79 Å².